The highest BCUT2D eigenvalue weighted by Crippen LogP contribution is 2.20. The molecule has 0 radical (unpaired) electrons. The van der Waals surface area contributed by atoms with Crippen LogP contribution in [0, 0.1) is 11.6 Å². The summed E-state index contributed by atoms with van der Waals surface area (Å²) in [4.78, 5) is 0. The van der Waals surface area contributed by atoms with Crippen LogP contribution in [0.2, 0.25) is 0 Å². The van der Waals surface area contributed by atoms with Gasteiger partial charge in [-0.15, -0.1) is 0 Å². The second-order valence-electron chi connectivity index (χ2n) is 2.80. The van der Waals surface area contributed by atoms with E-state index in [1.165, 1.54) is 6.08 Å². The zero-order valence-electron chi connectivity index (χ0n) is 7.50. The molecule has 3 N–H and O–H groups in total. The van der Waals surface area contributed by atoms with Gasteiger partial charge in [0.1, 0.15) is 17.4 Å². The van der Waals surface area contributed by atoms with Crippen molar-refractivity contribution >= 4 is 6.08 Å². The van der Waals surface area contributed by atoms with Crippen LogP contribution in [-0.2, 0) is 0 Å². The first-order valence-electron chi connectivity index (χ1n) is 4.19. The Balaban J connectivity index is 2.96. The molecule has 0 aliphatic rings. The van der Waals surface area contributed by atoms with Gasteiger partial charge in [0.15, 0.2) is 0 Å². The second-order valence-corrected chi connectivity index (χ2v) is 2.80. The lowest BCUT2D eigenvalue weighted by atomic mass is 10.1. The minimum atomic E-state index is -0.782. The largest absolute Gasteiger partial charge is 0.508 e. The normalized spacial score (nSPS) is 11.1. The van der Waals surface area contributed by atoms with Gasteiger partial charge < -0.3 is 10.8 Å². The van der Waals surface area contributed by atoms with Crippen LogP contribution in [-0.4, -0.2) is 11.7 Å². The molecule has 0 aliphatic carbocycles. The van der Waals surface area contributed by atoms with Gasteiger partial charge >= 0.3 is 0 Å². The first-order valence-corrected chi connectivity index (χ1v) is 4.19. The Morgan fingerprint density at radius 3 is 2.36 bits per heavy atom. The molecule has 0 unspecified atom stereocenters. The number of benzene rings is 1. The Bertz CT molecular complexity index is 327. The van der Waals surface area contributed by atoms with E-state index in [1.54, 1.807) is 6.08 Å². The highest BCUT2D eigenvalue weighted by atomic mass is 19.1. The third-order valence-corrected chi connectivity index (χ3v) is 1.68. The molecule has 76 valence electrons. The van der Waals surface area contributed by atoms with E-state index in [9.17, 15) is 8.78 Å². The van der Waals surface area contributed by atoms with Crippen molar-refractivity contribution in [1.29, 1.82) is 0 Å². The second kappa shape index (κ2) is 4.72. The molecule has 0 spiro atoms. The lowest BCUT2D eigenvalue weighted by Gasteiger charge is -2.00. The number of phenolic OH excluding ortho intramolecular Hbond substituents is 1. The number of hydrogen-bond donors (Lipinski definition) is 2. The monoisotopic (exact) mass is 199 g/mol. The van der Waals surface area contributed by atoms with Crippen LogP contribution in [0.5, 0.6) is 5.75 Å². The summed E-state index contributed by atoms with van der Waals surface area (Å²) in [6.07, 6.45) is 3.45. The van der Waals surface area contributed by atoms with Gasteiger partial charge in [0.05, 0.1) is 0 Å². The van der Waals surface area contributed by atoms with Crippen molar-refractivity contribution in [2.45, 2.75) is 6.42 Å². The molecule has 0 aromatic heterocycles. The first-order chi connectivity index (χ1) is 6.65. The third kappa shape index (κ3) is 2.53. The maximum absolute atomic E-state index is 13.1. The number of phenols is 1. The number of nitrogens with two attached hydrogens (primary N) is 1. The molecule has 0 atom stereocenters. The minimum Gasteiger partial charge on any atom is -0.508 e. The molecule has 14 heavy (non-hydrogen) atoms. The molecule has 0 bridgehead atoms. The average Bonchev–Trinajstić information content (AvgIpc) is 2.09. The molecule has 4 heteroatoms. The van der Waals surface area contributed by atoms with Crippen LogP contribution in [0.3, 0.4) is 0 Å². The molecule has 0 fully saturated rings. The fourth-order valence-corrected chi connectivity index (χ4v) is 1.03. The molecule has 0 amide bonds. The van der Waals surface area contributed by atoms with Crippen LogP contribution >= 0.6 is 0 Å². The van der Waals surface area contributed by atoms with E-state index >= 15 is 0 Å². The fourth-order valence-electron chi connectivity index (χ4n) is 1.03. The van der Waals surface area contributed by atoms with Gasteiger partial charge in [-0.3, -0.25) is 0 Å². The van der Waals surface area contributed by atoms with E-state index < -0.39 is 17.4 Å². The van der Waals surface area contributed by atoms with Crippen LogP contribution in [0.1, 0.15) is 12.0 Å². The van der Waals surface area contributed by atoms with Gasteiger partial charge in [-0.2, -0.15) is 0 Å². The standard InChI is InChI=1S/C10H11F2NO/c11-9-5-7(14)6-10(12)8(9)3-1-2-4-13/h1,3,5-6,14H,2,4,13H2. The van der Waals surface area contributed by atoms with Crippen molar-refractivity contribution in [2.24, 2.45) is 5.73 Å². The van der Waals surface area contributed by atoms with Gasteiger partial charge in [0.25, 0.3) is 0 Å². The van der Waals surface area contributed by atoms with Crippen LogP contribution in [0.4, 0.5) is 8.78 Å². The summed E-state index contributed by atoms with van der Waals surface area (Å²) < 4.78 is 26.1. The van der Waals surface area contributed by atoms with Gasteiger partial charge in [0, 0.05) is 17.7 Å². The smallest absolute Gasteiger partial charge is 0.137 e. The maximum Gasteiger partial charge on any atom is 0.137 e. The summed E-state index contributed by atoms with van der Waals surface area (Å²) in [7, 11) is 0. The van der Waals surface area contributed by atoms with Crippen molar-refractivity contribution in [2.75, 3.05) is 6.54 Å². The first kappa shape index (κ1) is 10.7. The van der Waals surface area contributed by atoms with Crippen LogP contribution in [0.25, 0.3) is 6.08 Å². The van der Waals surface area contributed by atoms with E-state index in [0.29, 0.717) is 13.0 Å². The summed E-state index contributed by atoms with van der Waals surface area (Å²) in [5.41, 5.74) is 5.06. The molecule has 0 saturated heterocycles. The number of hydrogen-bond acceptors (Lipinski definition) is 2. The summed E-state index contributed by atoms with van der Waals surface area (Å²) in [6, 6.07) is 1.73. The molecule has 0 saturated carbocycles. The van der Waals surface area contributed by atoms with Crippen molar-refractivity contribution < 1.29 is 13.9 Å². The van der Waals surface area contributed by atoms with E-state index in [0.717, 1.165) is 12.1 Å². The summed E-state index contributed by atoms with van der Waals surface area (Å²) in [5.74, 6) is -1.98. The van der Waals surface area contributed by atoms with Crippen molar-refractivity contribution in [3.8, 4) is 5.75 Å². The summed E-state index contributed by atoms with van der Waals surface area (Å²) in [5, 5.41) is 8.87. The van der Waals surface area contributed by atoms with E-state index in [1.807, 2.05) is 0 Å². The van der Waals surface area contributed by atoms with Gasteiger partial charge in [-0.05, 0) is 13.0 Å². The molecular weight excluding hydrogens is 188 g/mol. The van der Waals surface area contributed by atoms with E-state index in [4.69, 9.17) is 10.8 Å². The summed E-state index contributed by atoms with van der Waals surface area (Å²) >= 11 is 0. The Morgan fingerprint density at radius 1 is 1.29 bits per heavy atom. The predicted molar refractivity (Wildman–Crippen MR) is 50.7 cm³/mol. The van der Waals surface area contributed by atoms with E-state index in [2.05, 4.69) is 0 Å². The molecule has 2 nitrogen and oxygen atoms in total. The Kier molecular flexibility index (Phi) is 3.59. The molecule has 0 heterocycles. The maximum atomic E-state index is 13.1. The van der Waals surface area contributed by atoms with Gasteiger partial charge in [-0.25, -0.2) is 8.78 Å². The highest BCUT2D eigenvalue weighted by Gasteiger charge is 2.07. The molecule has 1 aromatic carbocycles. The van der Waals surface area contributed by atoms with Crippen molar-refractivity contribution in [3.05, 3.63) is 35.4 Å². The van der Waals surface area contributed by atoms with Crippen LogP contribution in [0.15, 0.2) is 18.2 Å². The van der Waals surface area contributed by atoms with Gasteiger partial charge in [-0.1, -0.05) is 12.2 Å². The third-order valence-electron chi connectivity index (χ3n) is 1.68. The topological polar surface area (TPSA) is 46.2 Å². The van der Waals surface area contributed by atoms with E-state index in [-0.39, 0.29) is 5.56 Å². The number of halogens is 2. The molecule has 1 aromatic rings. The number of rotatable bonds is 3. The van der Waals surface area contributed by atoms with Crippen LogP contribution < -0.4 is 5.73 Å². The highest BCUT2D eigenvalue weighted by molar-refractivity contribution is 5.52. The Morgan fingerprint density at radius 2 is 1.86 bits per heavy atom. The predicted octanol–water partition coefficient (Wildman–Crippen LogP) is 2.03. The number of aromatic hydroxyl groups is 1. The Labute approximate surface area is 80.7 Å². The summed E-state index contributed by atoms with van der Waals surface area (Å²) in [6.45, 7) is 0.428. The zero-order chi connectivity index (χ0) is 10.6. The zero-order valence-corrected chi connectivity index (χ0v) is 7.50. The molecule has 1 rings (SSSR count). The fraction of sp³-hybridized carbons (Fsp3) is 0.200. The quantitative estimate of drug-likeness (QED) is 0.782. The van der Waals surface area contributed by atoms with Gasteiger partial charge in [0.2, 0.25) is 0 Å². The lowest BCUT2D eigenvalue weighted by Crippen LogP contribution is -1.95. The minimum absolute atomic E-state index is 0.156. The Hall–Kier alpha value is -1.42. The average molecular weight is 199 g/mol. The lowest BCUT2D eigenvalue weighted by molar-refractivity contribution is 0.460. The van der Waals surface area contributed by atoms with Crippen molar-refractivity contribution in [3.63, 3.8) is 0 Å². The molecular formula is C10H11F2NO. The van der Waals surface area contributed by atoms with Crippen molar-refractivity contribution in [1.82, 2.24) is 0 Å². The molecule has 0 aliphatic heterocycles. The SMILES string of the molecule is NCCC=Cc1c(F)cc(O)cc1F.